The molecule has 0 fully saturated rings. The van der Waals surface area contributed by atoms with Crippen LogP contribution in [0.4, 0.5) is 5.69 Å². The maximum absolute atomic E-state index is 6.05. The van der Waals surface area contributed by atoms with E-state index >= 15 is 0 Å². The highest BCUT2D eigenvalue weighted by atomic mass is 14.9. The summed E-state index contributed by atoms with van der Waals surface area (Å²) in [5.74, 6) is 0.699. The van der Waals surface area contributed by atoms with Gasteiger partial charge in [0.25, 0.3) is 0 Å². The second-order valence-electron chi connectivity index (χ2n) is 5.76. The van der Waals surface area contributed by atoms with Gasteiger partial charge in [-0.2, -0.15) is 0 Å². The van der Waals surface area contributed by atoms with E-state index in [1.165, 1.54) is 22.3 Å². The fourth-order valence-electron chi connectivity index (χ4n) is 2.80. The standard InChI is InChI=1S/C20H22N2/c1-3-14-5-7-16(8-6-14)17-9-10-18-11-15(4-2)12-20(21)22-19(18)13-17/h5-11,13H,3-4,12H2,1-2H3,(H2,21,22). The first-order chi connectivity index (χ1) is 10.7. The molecule has 0 atom stereocenters. The first kappa shape index (κ1) is 14.6. The number of nitrogens with zero attached hydrogens (tertiary/aromatic N) is 1. The highest BCUT2D eigenvalue weighted by Crippen LogP contribution is 2.32. The molecule has 2 nitrogen and oxygen atoms in total. The van der Waals surface area contributed by atoms with E-state index in [-0.39, 0.29) is 0 Å². The van der Waals surface area contributed by atoms with Gasteiger partial charge in [-0.15, -0.1) is 0 Å². The lowest BCUT2D eigenvalue weighted by Gasteiger charge is -2.07. The summed E-state index contributed by atoms with van der Waals surface area (Å²) in [6, 6.07) is 15.2. The van der Waals surface area contributed by atoms with Crippen LogP contribution in [-0.4, -0.2) is 5.84 Å². The molecule has 2 aromatic rings. The van der Waals surface area contributed by atoms with Crippen LogP contribution in [0.1, 0.15) is 37.8 Å². The summed E-state index contributed by atoms with van der Waals surface area (Å²) in [6.07, 6.45) is 5.07. The number of benzene rings is 2. The number of amidine groups is 1. The second-order valence-corrected chi connectivity index (χ2v) is 5.76. The lowest BCUT2D eigenvalue weighted by atomic mass is 9.99. The highest BCUT2D eigenvalue weighted by molar-refractivity contribution is 5.90. The molecule has 0 saturated heterocycles. The van der Waals surface area contributed by atoms with Gasteiger partial charge in [0.1, 0.15) is 5.84 Å². The molecular weight excluding hydrogens is 268 g/mol. The van der Waals surface area contributed by atoms with E-state index in [2.05, 4.69) is 67.4 Å². The Morgan fingerprint density at radius 3 is 2.36 bits per heavy atom. The Morgan fingerprint density at radius 1 is 0.955 bits per heavy atom. The van der Waals surface area contributed by atoms with Crippen LogP contribution in [0.2, 0.25) is 0 Å². The first-order valence-corrected chi connectivity index (χ1v) is 7.95. The zero-order chi connectivity index (χ0) is 15.5. The molecule has 1 heterocycles. The maximum atomic E-state index is 6.05. The maximum Gasteiger partial charge on any atom is 0.104 e. The van der Waals surface area contributed by atoms with Crippen molar-refractivity contribution >= 4 is 17.6 Å². The number of aryl methyl sites for hydroxylation is 1. The number of nitrogens with two attached hydrogens (primary N) is 1. The number of hydrogen-bond acceptors (Lipinski definition) is 2. The fraction of sp³-hybridized carbons (Fsp3) is 0.250. The van der Waals surface area contributed by atoms with Crippen molar-refractivity contribution in [1.29, 1.82) is 0 Å². The van der Waals surface area contributed by atoms with Crippen LogP contribution < -0.4 is 5.73 Å². The van der Waals surface area contributed by atoms with Crippen LogP contribution in [0.15, 0.2) is 53.0 Å². The van der Waals surface area contributed by atoms with Gasteiger partial charge in [-0.3, -0.25) is 0 Å². The Bertz CT molecular complexity index is 737. The molecular formula is C20H22N2. The van der Waals surface area contributed by atoms with Crippen molar-refractivity contribution in [3.8, 4) is 11.1 Å². The second kappa shape index (κ2) is 6.18. The summed E-state index contributed by atoms with van der Waals surface area (Å²) in [5.41, 5.74) is 13.3. The summed E-state index contributed by atoms with van der Waals surface area (Å²) >= 11 is 0. The molecule has 3 rings (SSSR count). The predicted octanol–water partition coefficient (Wildman–Crippen LogP) is 5.10. The van der Waals surface area contributed by atoms with E-state index in [0.717, 1.165) is 30.5 Å². The molecule has 112 valence electrons. The van der Waals surface area contributed by atoms with Crippen molar-refractivity contribution in [2.45, 2.75) is 33.1 Å². The highest BCUT2D eigenvalue weighted by Gasteiger charge is 2.10. The number of fused-ring (bicyclic) bond motifs is 1. The third kappa shape index (κ3) is 2.96. The molecule has 0 radical (unpaired) electrons. The van der Waals surface area contributed by atoms with Crippen molar-refractivity contribution in [3.63, 3.8) is 0 Å². The molecule has 0 amide bonds. The molecule has 1 aliphatic heterocycles. The molecule has 22 heavy (non-hydrogen) atoms. The molecule has 2 N–H and O–H groups in total. The minimum atomic E-state index is 0.699. The van der Waals surface area contributed by atoms with E-state index in [4.69, 9.17) is 5.73 Å². The smallest absolute Gasteiger partial charge is 0.104 e. The van der Waals surface area contributed by atoms with Gasteiger partial charge in [-0.05, 0) is 35.6 Å². The van der Waals surface area contributed by atoms with Gasteiger partial charge in [-0.25, -0.2) is 4.99 Å². The Hall–Kier alpha value is -2.35. The van der Waals surface area contributed by atoms with Crippen LogP contribution >= 0.6 is 0 Å². The van der Waals surface area contributed by atoms with Gasteiger partial charge in [0, 0.05) is 12.0 Å². The Kier molecular flexibility index (Phi) is 4.10. The van der Waals surface area contributed by atoms with E-state index in [0.29, 0.717) is 5.84 Å². The molecule has 0 saturated carbocycles. The molecule has 0 aliphatic carbocycles. The van der Waals surface area contributed by atoms with Gasteiger partial charge in [0.2, 0.25) is 0 Å². The Labute approximate surface area is 132 Å². The predicted molar refractivity (Wildman–Crippen MR) is 95.4 cm³/mol. The van der Waals surface area contributed by atoms with Gasteiger partial charge in [0.15, 0.2) is 0 Å². The van der Waals surface area contributed by atoms with Crippen LogP contribution in [-0.2, 0) is 6.42 Å². The molecule has 1 aliphatic rings. The Balaban J connectivity index is 2.03. The third-order valence-electron chi connectivity index (χ3n) is 4.21. The molecule has 0 aromatic heterocycles. The largest absolute Gasteiger partial charge is 0.387 e. The minimum absolute atomic E-state index is 0.699. The summed E-state index contributed by atoms with van der Waals surface area (Å²) < 4.78 is 0. The average molecular weight is 290 g/mol. The Morgan fingerprint density at radius 2 is 1.68 bits per heavy atom. The van der Waals surface area contributed by atoms with E-state index in [9.17, 15) is 0 Å². The average Bonchev–Trinajstić information content (AvgIpc) is 2.71. The molecule has 0 spiro atoms. The quantitative estimate of drug-likeness (QED) is 0.839. The zero-order valence-electron chi connectivity index (χ0n) is 13.3. The third-order valence-corrected chi connectivity index (χ3v) is 4.21. The molecule has 2 aromatic carbocycles. The monoisotopic (exact) mass is 290 g/mol. The fourth-order valence-corrected chi connectivity index (χ4v) is 2.80. The minimum Gasteiger partial charge on any atom is -0.387 e. The summed E-state index contributed by atoms with van der Waals surface area (Å²) in [4.78, 5) is 4.60. The van der Waals surface area contributed by atoms with Gasteiger partial charge >= 0.3 is 0 Å². The number of rotatable bonds is 3. The van der Waals surface area contributed by atoms with E-state index in [1.807, 2.05) is 0 Å². The van der Waals surface area contributed by atoms with E-state index in [1.54, 1.807) is 0 Å². The number of hydrogen-bond donors (Lipinski definition) is 1. The summed E-state index contributed by atoms with van der Waals surface area (Å²) in [5, 5.41) is 0. The van der Waals surface area contributed by atoms with Crippen LogP contribution in [0.25, 0.3) is 17.2 Å². The van der Waals surface area contributed by atoms with Crippen LogP contribution in [0.5, 0.6) is 0 Å². The molecule has 0 unspecified atom stereocenters. The van der Waals surface area contributed by atoms with Gasteiger partial charge in [-0.1, -0.05) is 61.9 Å². The molecule has 0 bridgehead atoms. The van der Waals surface area contributed by atoms with Crippen molar-refractivity contribution in [2.24, 2.45) is 10.7 Å². The first-order valence-electron chi connectivity index (χ1n) is 7.95. The van der Waals surface area contributed by atoms with Crippen molar-refractivity contribution in [2.75, 3.05) is 0 Å². The summed E-state index contributed by atoms with van der Waals surface area (Å²) in [7, 11) is 0. The zero-order valence-corrected chi connectivity index (χ0v) is 13.3. The van der Waals surface area contributed by atoms with Crippen molar-refractivity contribution in [1.82, 2.24) is 0 Å². The topological polar surface area (TPSA) is 38.4 Å². The molecule has 2 heteroatoms. The SMILES string of the molecule is CCC1=Cc2ccc(-c3ccc(CC)cc3)cc2N=C(N)C1. The van der Waals surface area contributed by atoms with E-state index < -0.39 is 0 Å². The number of aliphatic imine (C=N–C) groups is 1. The lowest BCUT2D eigenvalue weighted by molar-refractivity contribution is 1.06. The lowest BCUT2D eigenvalue weighted by Crippen LogP contribution is -2.10. The van der Waals surface area contributed by atoms with Crippen LogP contribution in [0.3, 0.4) is 0 Å². The summed E-state index contributed by atoms with van der Waals surface area (Å²) in [6.45, 7) is 4.33. The van der Waals surface area contributed by atoms with Crippen molar-refractivity contribution in [3.05, 3.63) is 59.2 Å². The normalized spacial score (nSPS) is 13.9. The van der Waals surface area contributed by atoms with Crippen LogP contribution in [0, 0.1) is 0 Å². The van der Waals surface area contributed by atoms with Crippen molar-refractivity contribution < 1.29 is 0 Å². The van der Waals surface area contributed by atoms with Gasteiger partial charge in [0.05, 0.1) is 5.69 Å². The van der Waals surface area contributed by atoms with Gasteiger partial charge < -0.3 is 5.73 Å².